The molecule has 1 aliphatic carbocycles. The molecule has 0 N–H and O–H groups in total. The molecule has 1 unspecified atom stereocenters. The summed E-state index contributed by atoms with van der Waals surface area (Å²) in [4.78, 5) is 0. The molecule has 0 nitrogen and oxygen atoms in total. The number of hydrogen-bond donors (Lipinski definition) is 0. The predicted octanol–water partition coefficient (Wildman–Crippen LogP) is 4.31. The lowest BCUT2D eigenvalue weighted by molar-refractivity contribution is 0.653. The molecule has 0 aromatic heterocycles. The molecule has 1 atom stereocenters. The van der Waals surface area contributed by atoms with E-state index in [9.17, 15) is 0 Å². The Morgan fingerprint density at radius 1 is 1.31 bits per heavy atom. The highest BCUT2D eigenvalue weighted by Gasteiger charge is 2.07. The lowest BCUT2D eigenvalue weighted by Gasteiger charge is -2.13. The second-order valence-corrected chi connectivity index (χ2v) is 4.47. The van der Waals surface area contributed by atoms with E-state index in [1.54, 1.807) is 0 Å². The second-order valence-electron chi connectivity index (χ2n) is 4.47. The number of aryl methyl sites for hydroxylation is 1. The van der Waals surface area contributed by atoms with Crippen molar-refractivity contribution in [2.75, 3.05) is 0 Å². The molecule has 0 heterocycles. The standard InChI is InChI=1S/C16H18/c1-3-14-9-13(2)10-16(11-14)12-15-7-5-4-6-8-15/h3-7,9-11,15H,1,8,12H2,2H3. The first kappa shape index (κ1) is 10.9. The highest BCUT2D eigenvalue weighted by atomic mass is 14.1. The summed E-state index contributed by atoms with van der Waals surface area (Å²) in [5.74, 6) is 0.657. The molecule has 0 amide bonds. The number of rotatable bonds is 3. The highest BCUT2D eigenvalue weighted by Crippen LogP contribution is 2.20. The van der Waals surface area contributed by atoms with Crippen molar-refractivity contribution in [3.05, 3.63) is 65.8 Å². The molecule has 0 saturated carbocycles. The SMILES string of the molecule is C=Cc1cc(C)cc(CC2C=CC=CC2)c1. The molecule has 2 rings (SSSR count). The Hall–Kier alpha value is -1.56. The summed E-state index contributed by atoms with van der Waals surface area (Å²) in [5, 5.41) is 0. The van der Waals surface area contributed by atoms with Crippen molar-refractivity contribution in [2.24, 2.45) is 5.92 Å². The van der Waals surface area contributed by atoms with Gasteiger partial charge in [0.25, 0.3) is 0 Å². The van der Waals surface area contributed by atoms with Gasteiger partial charge in [-0.05, 0) is 36.8 Å². The van der Waals surface area contributed by atoms with Crippen LogP contribution < -0.4 is 0 Å². The Morgan fingerprint density at radius 3 is 2.88 bits per heavy atom. The minimum Gasteiger partial charge on any atom is -0.0985 e. The Balaban J connectivity index is 2.14. The average molecular weight is 210 g/mol. The fourth-order valence-electron chi connectivity index (χ4n) is 2.22. The van der Waals surface area contributed by atoms with E-state index < -0.39 is 0 Å². The lowest BCUT2D eigenvalue weighted by atomic mass is 9.92. The van der Waals surface area contributed by atoms with E-state index >= 15 is 0 Å². The van der Waals surface area contributed by atoms with Gasteiger partial charge in [0.15, 0.2) is 0 Å². The maximum atomic E-state index is 3.83. The van der Waals surface area contributed by atoms with Gasteiger partial charge in [-0.25, -0.2) is 0 Å². The summed E-state index contributed by atoms with van der Waals surface area (Å²) in [7, 11) is 0. The van der Waals surface area contributed by atoms with Gasteiger partial charge in [-0.15, -0.1) is 0 Å². The van der Waals surface area contributed by atoms with Crippen LogP contribution in [-0.2, 0) is 6.42 Å². The maximum absolute atomic E-state index is 3.83. The zero-order valence-corrected chi connectivity index (χ0v) is 9.82. The summed E-state index contributed by atoms with van der Waals surface area (Å²) in [6.07, 6.45) is 13.0. The molecule has 1 aromatic carbocycles. The zero-order valence-electron chi connectivity index (χ0n) is 9.82. The van der Waals surface area contributed by atoms with Crippen LogP contribution in [0.3, 0.4) is 0 Å². The van der Waals surface area contributed by atoms with Gasteiger partial charge < -0.3 is 0 Å². The molecular weight excluding hydrogens is 192 g/mol. The zero-order chi connectivity index (χ0) is 11.4. The fraction of sp³-hybridized carbons (Fsp3) is 0.250. The highest BCUT2D eigenvalue weighted by molar-refractivity contribution is 5.50. The van der Waals surface area contributed by atoms with Crippen LogP contribution in [0.25, 0.3) is 6.08 Å². The number of allylic oxidation sites excluding steroid dienone is 4. The summed E-state index contributed by atoms with van der Waals surface area (Å²) < 4.78 is 0. The van der Waals surface area contributed by atoms with E-state index in [-0.39, 0.29) is 0 Å². The molecule has 0 radical (unpaired) electrons. The Kier molecular flexibility index (Phi) is 3.40. The van der Waals surface area contributed by atoms with E-state index in [1.807, 2.05) is 6.08 Å². The molecule has 1 aliphatic rings. The molecule has 0 heteroatoms. The van der Waals surface area contributed by atoms with Crippen LogP contribution in [0.2, 0.25) is 0 Å². The number of benzene rings is 1. The first-order chi connectivity index (χ1) is 7.78. The van der Waals surface area contributed by atoms with Crippen molar-refractivity contribution in [1.29, 1.82) is 0 Å². The summed E-state index contributed by atoms with van der Waals surface area (Å²) >= 11 is 0. The molecular formula is C16H18. The molecule has 0 aliphatic heterocycles. The Bertz CT molecular complexity index is 435. The minimum atomic E-state index is 0.657. The Morgan fingerprint density at radius 2 is 2.19 bits per heavy atom. The Labute approximate surface area is 98.0 Å². The van der Waals surface area contributed by atoms with Crippen LogP contribution in [-0.4, -0.2) is 0 Å². The molecule has 0 saturated heterocycles. The van der Waals surface area contributed by atoms with Gasteiger partial charge in [0.2, 0.25) is 0 Å². The minimum absolute atomic E-state index is 0.657. The number of hydrogen-bond acceptors (Lipinski definition) is 0. The van der Waals surface area contributed by atoms with Crippen molar-refractivity contribution in [2.45, 2.75) is 19.8 Å². The van der Waals surface area contributed by atoms with Crippen molar-refractivity contribution >= 4 is 6.08 Å². The molecule has 0 spiro atoms. The quantitative estimate of drug-likeness (QED) is 0.697. The summed E-state index contributed by atoms with van der Waals surface area (Å²) in [6, 6.07) is 6.69. The van der Waals surface area contributed by atoms with E-state index in [2.05, 4.69) is 56.0 Å². The lowest BCUT2D eigenvalue weighted by Crippen LogP contribution is -2.02. The van der Waals surface area contributed by atoms with Gasteiger partial charge in [0.1, 0.15) is 0 Å². The normalized spacial score (nSPS) is 18.7. The topological polar surface area (TPSA) is 0 Å². The molecule has 0 fully saturated rings. The van der Waals surface area contributed by atoms with Gasteiger partial charge in [0.05, 0.1) is 0 Å². The van der Waals surface area contributed by atoms with Crippen molar-refractivity contribution in [1.82, 2.24) is 0 Å². The summed E-state index contributed by atoms with van der Waals surface area (Å²) in [5.41, 5.74) is 3.97. The van der Waals surface area contributed by atoms with E-state index in [4.69, 9.17) is 0 Å². The van der Waals surface area contributed by atoms with Crippen LogP contribution in [0.5, 0.6) is 0 Å². The van der Waals surface area contributed by atoms with Gasteiger partial charge in [-0.2, -0.15) is 0 Å². The van der Waals surface area contributed by atoms with Crippen molar-refractivity contribution in [3.8, 4) is 0 Å². The second kappa shape index (κ2) is 4.98. The van der Waals surface area contributed by atoms with Crippen LogP contribution in [0, 0.1) is 12.8 Å². The molecule has 1 aromatic rings. The van der Waals surface area contributed by atoms with Crippen LogP contribution >= 0.6 is 0 Å². The maximum Gasteiger partial charge on any atom is -0.0155 e. The third-order valence-electron chi connectivity index (χ3n) is 2.96. The third kappa shape index (κ3) is 2.73. The van der Waals surface area contributed by atoms with Gasteiger partial charge in [-0.1, -0.05) is 60.7 Å². The molecule has 16 heavy (non-hydrogen) atoms. The smallest absolute Gasteiger partial charge is 0.0155 e. The largest absolute Gasteiger partial charge is 0.0985 e. The molecule has 82 valence electrons. The summed E-state index contributed by atoms with van der Waals surface area (Å²) in [6.45, 7) is 5.98. The first-order valence-electron chi connectivity index (χ1n) is 5.84. The monoisotopic (exact) mass is 210 g/mol. The van der Waals surface area contributed by atoms with E-state index in [1.165, 1.54) is 16.7 Å². The van der Waals surface area contributed by atoms with E-state index in [0.717, 1.165) is 12.8 Å². The molecule has 0 bridgehead atoms. The van der Waals surface area contributed by atoms with Crippen LogP contribution in [0.15, 0.2) is 49.1 Å². The van der Waals surface area contributed by atoms with Gasteiger partial charge >= 0.3 is 0 Å². The first-order valence-corrected chi connectivity index (χ1v) is 5.84. The average Bonchev–Trinajstić information content (AvgIpc) is 2.29. The van der Waals surface area contributed by atoms with Gasteiger partial charge in [-0.3, -0.25) is 0 Å². The van der Waals surface area contributed by atoms with Crippen molar-refractivity contribution < 1.29 is 0 Å². The van der Waals surface area contributed by atoms with Gasteiger partial charge in [0, 0.05) is 0 Å². The van der Waals surface area contributed by atoms with E-state index in [0.29, 0.717) is 5.92 Å². The van der Waals surface area contributed by atoms with Crippen LogP contribution in [0.1, 0.15) is 23.1 Å². The van der Waals surface area contributed by atoms with Crippen LogP contribution in [0.4, 0.5) is 0 Å². The fourth-order valence-corrected chi connectivity index (χ4v) is 2.22. The third-order valence-corrected chi connectivity index (χ3v) is 2.96. The van der Waals surface area contributed by atoms with Crippen molar-refractivity contribution in [3.63, 3.8) is 0 Å². The predicted molar refractivity (Wildman–Crippen MR) is 71.4 cm³/mol.